The number of rotatable bonds is 6. The molecule has 4 nitrogen and oxygen atoms in total. The molecule has 4 heteroatoms. The summed E-state index contributed by atoms with van der Waals surface area (Å²) >= 11 is 0. The predicted octanol–water partition coefficient (Wildman–Crippen LogP) is 4.35. The molecule has 0 aliphatic heterocycles. The van der Waals surface area contributed by atoms with Crippen LogP contribution in [0.25, 0.3) is 11.3 Å². The highest BCUT2D eigenvalue weighted by atomic mass is 16.5. The van der Waals surface area contributed by atoms with Gasteiger partial charge in [-0.3, -0.25) is 4.79 Å². The smallest absolute Gasteiger partial charge is 0.185 e. The van der Waals surface area contributed by atoms with Gasteiger partial charge in [0.25, 0.3) is 0 Å². The molecule has 2 aromatic carbocycles. The number of furan rings is 1. The van der Waals surface area contributed by atoms with E-state index in [1.54, 1.807) is 19.2 Å². The SMILES string of the molecule is COc1cc(-c2ccc(C=O)o2)ccc1OCc1ccccc1. The van der Waals surface area contributed by atoms with Crippen LogP contribution in [0.3, 0.4) is 0 Å². The zero-order valence-corrected chi connectivity index (χ0v) is 12.7. The van der Waals surface area contributed by atoms with Crippen molar-refractivity contribution in [3.05, 3.63) is 72.0 Å². The van der Waals surface area contributed by atoms with E-state index in [1.807, 2.05) is 48.5 Å². The van der Waals surface area contributed by atoms with Crippen molar-refractivity contribution in [1.29, 1.82) is 0 Å². The number of methoxy groups -OCH3 is 1. The summed E-state index contributed by atoms with van der Waals surface area (Å²) in [7, 11) is 1.59. The highest BCUT2D eigenvalue weighted by Gasteiger charge is 2.10. The number of ether oxygens (including phenoxy) is 2. The van der Waals surface area contributed by atoms with Gasteiger partial charge in [0.05, 0.1) is 7.11 Å². The van der Waals surface area contributed by atoms with Gasteiger partial charge in [-0.15, -0.1) is 0 Å². The van der Waals surface area contributed by atoms with Gasteiger partial charge in [-0.25, -0.2) is 0 Å². The lowest BCUT2D eigenvalue weighted by molar-refractivity contribution is 0.110. The molecule has 0 bridgehead atoms. The molecule has 116 valence electrons. The first-order valence-corrected chi connectivity index (χ1v) is 7.20. The van der Waals surface area contributed by atoms with Crippen molar-refractivity contribution in [2.75, 3.05) is 7.11 Å². The van der Waals surface area contributed by atoms with E-state index in [1.165, 1.54) is 0 Å². The third-order valence-electron chi connectivity index (χ3n) is 3.43. The minimum Gasteiger partial charge on any atom is -0.493 e. The van der Waals surface area contributed by atoms with E-state index in [-0.39, 0.29) is 0 Å². The summed E-state index contributed by atoms with van der Waals surface area (Å²) in [6.45, 7) is 0.465. The number of benzene rings is 2. The molecule has 0 aliphatic rings. The molecule has 0 radical (unpaired) electrons. The summed E-state index contributed by atoms with van der Waals surface area (Å²) in [5, 5.41) is 0. The molecule has 3 rings (SSSR count). The Bertz CT molecular complexity index is 790. The second-order valence-electron chi connectivity index (χ2n) is 4.96. The summed E-state index contributed by atoms with van der Waals surface area (Å²) in [6, 6.07) is 18.8. The minimum absolute atomic E-state index is 0.295. The lowest BCUT2D eigenvalue weighted by Crippen LogP contribution is -1.97. The fraction of sp³-hybridized carbons (Fsp3) is 0.105. The number of aldehydes is 1. The van der Waals surface area contributed by atoms with E-state index < -0.39 is 0 Å². The average Bonchev–Trinajstić information content (AvgIpc) is 3.10. The molecule has 0 N–H and O–H groups in total. The van der Waals surface area contributed by atoms with E-state index in [2.05, 4.69) is 0 Å². The minimum atomic E-state index is 0.295. The van der Waals surface area contributed by atoms with E-state index in [4.69, 9.17) is 13.9 Å². The Kier molecular flexibility index (Phi) is 4.43. The maximum Gasteiger partial charge on any atom is 0.185 e. The first kappa shape index (κ1) is 14.9. The number of hydrogen-bond donors (Lipinski definition) is 0. The molecule has 23 heavy (non-hydrogen) atoms. The summed E-state index contributed by atoms with van der Waals surface area (Å²) in [5.74, 6) is 2.17. The highest BCUT2D eigenvalue weighted by molar-refractivity contribution is 5.73. The molecule has 0 spiro atoms. The average molecular weight is 308 g/mol. The monoisotopic (exact) mass is 308 g/mol. The van der Waals surface area contributed by atoms with Gasteiger partial charge in [0, 0.05) is 5.56 Å². The van der Waals surface area contributed by atoms with Gasteiger partial charge in [-0.2, -0.15) is 0 Å². The normalized spacial score (nSPS) is 10.3. The Hall–Kier alpha value is -3.01. The van der Waals surface area contributed by atoms with Gasteiger partial charge < -0.3 is 13.9 Å². The molecule has 0 atom stereocenters. The van der Waals surface area contributed by atoms with Crippen LogP contribution in [0.15, 0.2) is 65.1 Å². The van der Waals surface area contributed by atoms with Crippen LogP contribution in [0.5, 0.6) is 11.5 Å². The number of carbonyl (C=O) groups is 1. The standard InChI is InChI=1S/C19H16O4/c1-21-19-11-15(17-10-8-16(12-20)23-17)7-9-18(19)22-13-14-5-3-2-4-6-14/h2-12H,13H2,1H3. The van der Waals surface area contributed by atoms with Crippen molar-refractivity contribution in [1.82, 2.24) is 0 Å². The molecule has 0 aliphatic carbocycles. The quantitative estimate of drug-likeness (QED) is 0.635. The molecule has 0 unspecified atom stereocenters. The first-order valence-electron chi connectivity index (χ1n) is 7.20. The van der Waals surface area contributed by atoms with E-state index in [0.29, 0.717) is 35.9 Å². The van der Waals surface area contributed by atoms with E-state index in [0.717, 1.165) is 11.1 Å². The topological polar surface area (TPSA) is 48.7 Å². The Morgan fingerprint density at radius 3 is 2.52 bits per heavy atom. The van der Waals surface area contributed by atoms with Crippen LogP contribution >= 0.6 is 0 Å². The van der Waals surface area contributed by atoms with Crippen LogP contribution in [0.4, 0.5) is 0 Å². The lowest BCUT2D eigenvalue weighted by Gasteiger charge is -2.11. The molecular formula is C19H16O4. The van der Waals surface area contributed by atoms with Crippen LogP contribution < -0.4 is 9.47 Å². The molecular weight excluding hydrogens is 292 g/mol. The number of hydrogen-bond acceptors (Lipinski definition) is 4. The van der Waals surface area contributed by atoms with Crippen molar-refractivity contribution >= 4 is 6.29 Å². The van der Waals surface area contributed by atoms with E-state index in [9.17, 15) is 4.79 Å². The Morgan fingerprint density at radius 2 is 1.83 bits per heavy atom. The van der Waals surface area contributed by atoms with Gasteiger partial charge in [0.1, 0.15) is 12.4 Å². The molecule has 3 aromatic rings. The Morgan fingerprint density at radius 1 is 1.00 bits per heavy atom. The lowest BCUT2D eigenvalue weighted by atomic mass is 10.1. The largest absolute Gasteiger partial charge is 0.493 e. The van der Waals surface area contributed by atoms with Crippen molar-refractivity contribution in [2.24, 2.45) is 0 Å². The molecule has 0 fully saturated rings. The summed E-state index contributed by atoms with van der Waals surface area (Å²) in [4.78, 5) is 10.7. The second-order valence-corrected chi connectivity index (χ2v) is 4.96. The molecule has 0 amide bonds. The van der Waals surface area contributed by atoms with Gasteiger partial charge in [-0.1, -0.05) is 30.3 Å². The molecule has 0 saturated heterocycles. The van der Waals surface area contributed by atoms with Gasteiger partial charge in [0.15, 0.2) is 23.5 Å². The maximum absolute atomic E-state index is 10.7. The van der Waals surface area contributed by atoms with Crippen LogP contribution in [-0.4, -0.2) is 13.4 Å². The summed E-state index contributed by atoms with van der Waals surface area (Å²) in [6.07, 6.45) is 0.679. The van der Waals surface area contributed by atoms with E-state index >= 15 is 0 Å². The van der Waals surface area contributed by atoms with Crippen LogP contribution in [0.2, 0.25) is 0 Å². The summed E-state index contributed by atoms with van der Waals surface area (Å²) in [5.41, 5.74) is 1.90. The zero-order valence-electron chi connectivity index (χ0n) is 12.7. The third-order valence-corrected chi connectivity index (χ3v) is 3.43. The van der Waals surface area contributed by atoms with Crippen molar-refractivity contribution in [3.8, 4) is 22.8 Å². The fourth-order valence-electron chi connectivity index (χ4n) is 2.25. The molecule has 0 saturated carbocycles. The molecule has 1 aromatic heterocycles. The van der Waals surface area contributed by atoms with Crippen LogP contribution in [0.1, 0.15) is 16.1 Å². The fourth-order valence-corrected chi connectivity index (χ4v) is 2.25. The Labute approximate surface area is 134 Å². The van der Waals surface area contributed by atoms with Crippen molar-refractivity contribution < 1.29 is 18.7 Å². The number of carbonyl (C=O) groups excluding carboxylic acids is 1. The molecule has 1 heterocycles. The van der Waals surface area contributed by atoms with Crippen LogP contribution in [-0.2, 0) is 6.61 Å². The third kappa shape index (κ3) is 3.43. The first-order chi connectivity index (χ1) is 11.3. The predicted molar refractivity (Wildman–Crippen MR) is 86.9 cm³/mol. The summed E-state index contributed by atoms with van der Waals surface area (Å²) < 4.78 is 16.6. The van der Waals surface area contributed by atoms with Crippen LogP contribution in [0, 0.1) is 0 Å². The maximum atomic E-state index is 10.7. The van der Waals surface area contributed by atoms with Crippen molar-refractivity contribution in [3.63, 3.8) is 0 Å². The van der Waals surface area contributed by atoms with Crippen molar-refractivity contribution in [2.45, 2.75) is 6.61 Å². The highest BCUT2D eigenvalue weighted by Crippen LogP contribution is 2.33. The van der Waals surface area contributed by atoms with Gasteiger partial charge in [-0.05, 0) is 35.9 Å². The zero-order chi connectivity index (χ0) is 16.1. The second kappa shape index (κ2) is 6.83. The Balaban J connectivity index is 1.80. The van der Waals surface area contributed by atoms with Gasteiger partial charge >= 0.3 is 0 Å². The van der Waals surface area contributed by atoms with Gasteiger partial charge in [0.2, 0.25) is 0 Å².